The summed E-state index contributed by atoms with van der Waals surface area (Å²) >= 11 is 0. The highest BCUT2D eigenvalue weighted by Gasteiger charge is 2.29. The third-order valence-corrected chi connectivity index (χ3v) is 7.76. The van der Waals surface area contributed by atoms with Crippen molar-refractivity contribution in [1.29, 1.82) is 0 Å². The molecule has 6 rings (SSSR count). The fourth-order valence-electron chi connectivity index (χ4n) is 5.55. The van der Waals surface area contributed by atoms with E-state index in [-0.39, 0.29) is 17.6 Å². The number of halogens is 2. The number of likely N-dealkylation sites (N-methyl/N-ethyl adjacent to an activating group) is 1. The Balaban J connectivity index is 1.23. The maximum absolute atomic E-state index is 14.7. The van der Waals surface area contributed by atoms with Gasteiger partial charge in [0, 0.05) is 56.1 Å². The molecule has 1 fully saturated rings. The number of fused-ring (bicyclic) bond motifs is 3. The minimum Gasteiger partial charge on any atom is -0.324 e. The first-order valence-corrected chi connectivity index (χ1v) is 13.2. The first-order chi connectivity index (χ1) is 18.5. The molecular formula is C31H31F2N5. The first-order valence-electron chi connectivity index (χ1n) is 13.2. The lowest BCUT2D eigenvalue weighted by atomic mass is 9.78. The van der Waals surface area contributed by atoms with E-state index in [4.69, 9.17) is 4.98 Å². The maximum Gasteiger partial charge on any atom is 0.227 e. The van der Waals surface area contributed by atoms with E-state index >= 15 is 0 Å². The lowest BCUT2D eigenvalue weighted by Crippen LogP contribution is -2.45. The molecule has 0 saturated carbocycles. The smallest absolute Gasteiger partial charge is 0.227 e. The van der Waals surface area contributed by atoms with Gasteiger partial charge in [-0.15, -0.1) is 0 Å². The second kappa shape index (κ2) is 10.6. The van der Waals surface area contributed by atoms with Gasteiger partial charge in [0.2, 0.25) is 5.95 Å². The minimum absolute atomic E-state index is 0.0951. The molecule has 7 heteroatoms. The number of nitrogens with zero attached hydrogens (tertiary/aromatic N) is 4. The minimum atomic E-state index is -0.199. The van der Waals surface area contributed by atoms with Gasteiger partial charge in [-0.25, -0.2) is 18.7 Å². The predicted octanol–water partition coefficient (Wildman–Crippen LogP) is 5.64. The zero-order chi connectivity index (χ0) is 26.1. The molecule has 0 unspecified atom stereocenters. The van der Waals surface area contributed by atoms with Crippen molar-refractivity contribution in [2.75, 3.05) is 45.1 Å². The molecule has 1 aromatic heterocycles. The largest absolute Gasteiger partial charge is 0.324 e. The summed E-state index contributed by atoms with van der Waals surface area (Å²) in [5, 5.41) is 3.28. The summed E-state index contributed by atoms with van der Waals surface area (Å²) in [7, 11) is 2.13. The molecule has 0 radical (unpaired) electrons. The molecular weight excluding hydrogens is 480 g/mol. The number of benzene rings is 3. The lowest BCUT2D eigenvalue weighted by molar-refractivity contribution is 0.155. The van der Waals surface area contributed by atoms with E-state index in [0.29, 0.717) is 29.9 Å². The van der Waals surface area contributed by atoms with Gasteiger partial charge in [-0.2, -0.15) is 0 Å². The summed E-state index contributed by atoms with van der Waals surface area (Å²) in [6, 6.07) is 20.1. The lowest BCUT2D eigenvalue weighted by Gasteiger charge is -2.32. The van der Waals surface area contributed by atoms with Crippen LogP contribution in [0.3, 0.4) is 0 Å². The van der Waals surface area contributed by atoms with E-state index in [9.17, 15) is 8.78 Å². The highest BCUT2D eigenvalue weighted by Crippen LogP contribution is 2.42. The number of nitrogens with one attached hydrogen (secondary N) is 1. The van der Waals surface area contributed by atoms with Crippen LogP contribution in [0.4, 0.5) is 20.4 Å². The highest BCUT2D eigenvalue weighted by atomic mass is 19.1. The van der Waals surface area contributed by atoms with Crippen molar-refractivity contribution < 1.29 is 8.78 Å². The Hall–Kier alpha value is -3.68. The van der Waals surface area contributed by atoms with Crippen molar-refractivity contribution in [3.8, 4) is 11.3 Å². The van der Waals surface area contributed by atoms with Gasteiger partial charge in [-0.3, -0.25) is 0 Å². The number of anilines is 2. The Kier molecular flexibility index (Phi) is 6.87. The average Bonchev–Trinajstić information content (AvgIpc) is 2.94. The van der Waals surface area contributed by atoms with Crippen LogP contribution in [-0.2, 0) is 12.8 Å². The molecule has 0 amide bonds. The van der Waals surface area contributed by atoms with E-state index in [1.807, 2.05) is 42.6 Å². The van der Waals surface area contributed by atoms with Crippen molar-refractivity contribution in [3.63, 3.8) is 0 Å². The zero-order valence-corrected chi connectivity index (χ0v) is 21.5. The van der Waals surface area contributed by atoms with Gasteiger partial charge in [0.1, 0.15) is 11.6 Å². The van der Waals surface area contributed by atoms with Crippen molar-refractivity contribution in [2.24, 2.45) is 0 Å². The summed E-state index contributed by atoms with van der Waals surface area (Å²) in [4.78, 5) is 14.1. The Morgan fingerprint density at radius 1 is 0.895 bits per heavy atom. The Morgan fingerprint density at radius 3 is 2.47 bits per heavy atom. The monoisotopic (exact) mass is 511 g/mol. The van der Waals surface area contributed by atoms with E-state index < -0.39 is 0 Å². The fraction of sp³-hybridized carbons (Fsp3) is 0.290. The van der Waals surface area contributed by atoms with E-state index in [0.717, 1.165) is 60.8 Å². The Labute approximate surface area is 222 Å². The van der Waals surface area contributed by atoms with Crippen molar-refractivity contribution in [3.05, 3.63) is 107 Å². The van der Waals surface area contributed by atoms with Crippen molar-refractivity contribution >= 4 is 11.6 Å². The normalized spacial score (nSPS) is 17.6. The third kappa shape index (κ3) is 5.04. The van der Waals surface area contributed by atoms with Gasteiger partial charge in [0.25, 0.3) is 0 Å². The quantitative estimate of drug-likeness (QED) is 0.363. The molecule has 2 aliphatic rings. The van der Waals surface area contributed by atoms with Crippen LogP contribution in [0.15, 0.2) is 72.9 Å². The fourth-order valence-corrected chi connectivity index (χ4v) is 5.55. The zero-order valence-electron chi connectivity index (χ0n) is 21.5. The molecule has 1 saturated heterocycles. The van der Waals surface area contributed by atoms with Crippen molar-refractivity contribution in [2.45, 2.75) is 18.8 Å². The Morgan fingerprint density at radius 2 is 1.66 bits per heavy atom. The number of rotatable bonds is 6. The maximum atomic E-state index is 14.7. The topological polar surface area (TPSA) is 44.3 Å². The molecule has 2 heterocycles. The van der Waals surface area contributed by atoms with Crippen molar-refractivity contribution in [1.82, 2.24) is 19.8 Å². The number of aromatic nitrogens is 2. The molecule has 1 aliphatic heterocycles. The second-order valence-electron chi connectivity index (χ2n) is 10.3. The van der Waals surface area contributed by atoms with Crippen LogP contribution in [0, 0.1) is 11.6 Å². The summed E-state index contributed by atoms with van der Waals surface area (Å²) in [6.45, 7) is 4.95. The molecule has 0 bridgehead atoms. The SMILES string of the molecule is CN1CCN(CCc2cc(Nc3ncc4c(n3)-c3ccccc3[C@H](c3ccccc3F)C4)ccc2F)CC1. The van der Waals surface area contributed by atoms with Crippen LogP contribution in [-0.4, -0.2) is 59.5 Å². The van der Waals surface area contributed by atoms with Gasteiger partial charge in [0.15, 0.2) is 0 Å². The predicted molar refractivity (Wildman–Crippen MR) is 147 cm³/mol. The summed E-state index contributed by atoms with van der Waals surface area (Å²) in [5.41, 5.74) is 6.00. The second-order valence-corrected chi connectivity index (χ2v) is 10.3. The molecule has 1 aliphatic carbocycles. The molecule has 1 atom stereocenters. The summed E-state index contributed by atoms with van der Waals surface area (Å²) in [6.07, 6.45) is 3.10. The van der Waals surface area contributed by atoms with Crippen LogP contribution in [0.2, 0.25) is 0 Å². The average molecular weight is 512 g/mol. The Bertz CT molecular complexity index is 1450. The van der Waals surface area contributed by atoms with Crippen LogP contribution in [0.25, 0.3) is 11.3 Å². The molecule has 4 aromatic rings. The molecule has 38 heavy (non-hydrogen) atoms. The van der Waals surface area contributed by atoms with Crippen LogP contribution in [0.5, 0.6) is 0 Å². The number of piperazine rings is 1. The number of hydrogen-bond acceptors (Lipinski definition) is 5. The molecule has 0 spiro atoms. The van der Waals surface area contributed by atoms with Gasteiger partial charge in [-0.1, -0.05) is 42.5 Å². The summed E-state index contributed by atoms with van der Waals surface area (Å²) < 4.78 is 29.3. The van der Waals surface area contributed by atoms with Gasteiger partial charge in [-0.05, 0) is 66.4 Å². The molecule has 1 N–H and O–H groups in total. The van der Waals surface area contributed by atoms with Crippen LogP contribution >= 0.6 is 0 Å². The van der Waals surface area contributed by atoms with Gasteiger partial charge in [0.05, 0.1) is 5.69 Å². The third-order valence-electron chi connectivity index (χ3n) is 7.76. The van der Waals surface area contributed by atoms with E-state index in [1.54, 1.807) is 12.1 Å². The molecule has 194 valence electrons. The molecule has 3 aromatic carbocycles. The molecule has 5 nitrogen and oxygen atoms in total. The van der Waals surface area contributed by atoms with Gasteiger partial charge < -0.3 is 15.1 Å². The summed E-state index contributed by atoms with van der Waals surface area (Å²) in [5.74, 6) is -0.0272. The first kappa shape index (κ1) is 24.6. The van der Waals surface area contributed by atoms with E-state index in [2.05, 4.69) is 33.2 Å². The van der Waals surface area contributed by atoms with E-state index in [1.165, 1.54) is 12.1 Å². The van der Waals surface area contributed by atoms with Crippen LogP contribution in [0.1, 0.15) is 28.2 Å². The number of hydrogen-bond donors (Lipinski definition) is 1. The van der Waals surface area contributed by atoms with Gasteiger partial charge >= 0.3 is 0 Å². The highest BCUT2D eigenvalue weighted by molar-refractivity contribution is 5.73. The van der Waals surface area contributed by atoms with Crippen LogP contribution < -0.4 is 5.32 Å². The standard InChI is InChI=1S/C31H31F2N5/c1-37-14-16-38(17-15-37)13-12-21-18-23(10-11-28(21)32)35-31-34-20-22-19-27(25-7-4-5-9-29(25)33)24-6-2-3-8-26(24)30(22)36-31/h2-11,18,20,27H,12-17,19H2,1H3,(H,34,35,36)/t27-/m1/s1.